The molecule has 12 heteroatoms. The molecule has 0 saturated carbocycles. The van der Waals surface area contributed by atoms with Gasteiger partial charge >= 0.3 is 18.0 Å². The number of aromatic nitrogens is 2. The van der Waals surface area contributed by atoms with Crippen LogP contribution in [0.1, 0.15) is 32.0 Å². The molecule has 0 spiro atoms. The molecule has 2 N–H and O–H groups in total. The van der Waals surface area contributed by atoms with Crippen LogP contribution in [-0.2, 0) is 22.1 Å². The first kappa shape index (κ1) is 23.7. The van der Waals surface area contributed by atoms with Crippen LogP contribution < -0.4 is 21.7 Å². The number of carboxylic acids is 1. The number of hydrogen-bond donors (Lipinski definition) is 2. The number of aromatic amines is 1. The lowest BCUT2D eigenvalue weighted by Gasteiger charge is -2.24. The Hall–Kier alpha value is -3.57. The summed E-state index contributed by atoms with van der Waals surface area (Å²) in [6, 6.07) is 4.03. The zero-order valence-corrected chi connectivity index (χ0v) is 16.7. The van der Waals surface area contributed by atoms with Gasteiger partial charge in [-0.3, -0.25) is 4.79 Å². The van der Waals surface area contributed by atoms with Crippen molar-refractivity contribution < 1.29 is 32.6 Å². The number of halogens is 3. The van der Waals surface area contributed by atoms with Crippen molar-refractivity contribution in [3.8, 4) is 5.69 Å². The summed E-state index contributed by atoms with van der Waals surface area (Å²) in [7, 11) is 0. The summed E-state index contributed by atoms with van der Waals surface area (Å²) in [6.45, 7) is 4.80. The average molecular weight is 442 g/mol. The standard InChI is InChI=1S/C19H20F3N3O6/c1-18(2,3)31-17(30)23-12(15(27)28)8-10-4-6-11(7-5-10)25-14(26)9-13(19(20,21)22)24-16(25)29/h4-7,9,12H,8H2,1-3H3,(H,23,30)(H,24,29)(H,27,28)/p-1/t12-/m0/s1. The molecule has 2 rings (SSSR count). The number of aliphatic carboxylic acids is 1. The Morgan fingerprint density at radius 3 is 2.19 bits per heavy atom. The van der Waals surface area contributed by atoms with E-state index in [2.05, 4.69) is 5.32 Å². The zero-order chi connectivity index (χ0) is 23.6. The molecule has 1 amide bonds. The van der Waals surface area contributed by atoms with Gasteiger partial charge in [-0.2, -0.15) is 13.2 Å². The minimum Gasteiger partial charge on any atom is -0.548 e. The highest BCUT2D eigenvalue weighted by atomic mass is 19.4. The number of alkyl halides is 3. The van der Waals surface area contributed by atoms with Crippen LogP contribution in [0.4, 0.5) is 18.0 Å². The lowest BCUT2D eigenvalue weighted by Crippen LogP contribution is -2.50. The smallest absolute Gasteiger partial charge is 0.431 e. The first-order valence-electron chi connectivity index (χ1n) is 8.90. The Bertz CT molecular complexity index is 1050. The molecule has 0 unspecified atom stereocenters. The summed E-state index contributed by atoms with van der Waals surface area (Å²) in [5, 5.41) is 13.5. The predicted octanol–water partition coefficient (Wildman–Crippen LogP) is 0.730. The molecule has 1 aromatic heterocycles. The number of carboxylic acid groups (broad SMARTS) is 1. The summed E-state index contributed by atoms with van der Waals surface area (Å²) in [5.74, 6) is -1.56. The maximum Gasteiger partial charge on any atom is 0.431 e. The Labute approximate surface area is 173 Å². The molecule has 0 aliphatic carbocycles. The van der Waals surface area contributed by atoms with Gasteiger partial charge < -0.3 is 24.9 Å². The maximum atomic E-state index is 12.7. The van der Waals surface area contributed by atoms with E-state index in [1.807, 2.05) is 0 Å². The van der Waals surface area contributed by atoms with E-state index in [9.17, 15) is 37.5 Å². The van der Waals surface area contributed by atoms with Crippen LogP contribution in [-0.4, -0.2) is 33.3 Å². The van der Waals surface area contributed by atoms with Crippen molar-refractivity contribution in [2.24, 2.45) is 0 Å². The normalized spacial score (nSPS) is 12.8. The molecule has 1 heterocycles. The van der Waals surface area contributed by atoms with Gasteiger partial charge in [-0.05, 0) is 44.9 Å². The summed E-state index contributed by atoms with van der Waals surface area (Å²) < 4.78 is 43.6. The number of nitrogens with one attached hydrogen (secondary N) is 2. The second kappa shape index (κ2) is 8.66. The van der Waals surface area contributed by atoms with Crippen LogP contribution in [0.2, 0.25) is 0 Å². The van der Waals surface area contributed by atoms with Crippen LogP contribution in [0, 0.1) is 0 Å². The van der Waals surface area contributed by atoms with Crippen LogP contribution in [0.5, 0.6) is 0 Å². The molecule has 31 heavy (non-hydrogen) atoms. The average Bonchev–Trinajstić information content (AvgIpc) is 2.59. The number of amides is 1. The molecular formula is C19H19F3N3O6-. The van der Waals surface area contributed by atoms with E-state index in [1.165, 1.54) is 24.3 Å². The van der Waals surface area contributed by atoms with Gasteiger partial charge in [-0.1, -0.05) is 12.1 Å². The third kappa shape index (κ3) is 6.46. The zero-order valence-electron chi connectivity index (χ0n) is 16.7. The van der Waals surface area contributed by atoms with Crippen LogP contribution in [0.3, 0.4) is 0 Å². The Morgan fingerprint density at radius 1 is 1.16 bits per heavy atom. The minimum atomic E-state index is -4.89. The van der Waals surface area contributed by atoms with Crippen molar-refractivity contribution in [3.63, 3.8) is 0 Å². The second-order valence-electron chi connectivity index (χ2n) is 7.55. The van der Waals surface area contributed by atoms with E-state index < -0.39 is 46.8 Å². The van der Waals surface area contributed by atoms with Crippen molar-refractivity contribution in [1.29, 1.82) is 0 Å². The maximum absolute atomic E-state index is 12.7. The lowest BCUT2D eigenvalue weighted by atomic mass is 10.1. The third-order valence-electron chi connectivity index (χ3n) is 3.85. The van der Waals surface area contributed by atoms with E-state index in [0.29, 0.717) is 10.1 Å². The van der Waals surface area contributed by atoms with E-state index in [1.54, 1.807) is 25.8 Å². The van der Waals surface area contributed by atoms with Gasteiger partial charge in [0.05, 0.1) is 17.7 Å². The molecular weight excluding hydrogens is 423 g/mol. The van der Waals surface area contributed by atoms with Gasteiger partial charge in [0.2, 0.25) is 0 Å². The number of H-pyrrole nitrogens is 1. The number of benzene rings is 1. The monoisotopic (exact) mass is 442 g/mol. The van der Waals surface area contributed by atoms with Crippen molar-refractivity contribution >= 4 is 12.1 Å². The summed E-state index contributed by atoms with van der Waals surface area (Å²) in [4.78, 5) is 48.7. The van der Waals surface area contributed by atoms with E-state index in [0.717, 1.165) is 0 Å². The van der Waals surface area contributed by atoms with Crippen molar-refractivity contribution in [1.82, 2.24) is 14.9 Å². The van der Waals surface area contributed by atoms with Gasteiger partial charge in [0.15, 0.2) is 0 Å². The highest BCUT2D eigenvalue weighted by molar-refractivity contribution is 5.79. The molecule has 0 aliphatic rings. The molecule has 2 aromatic rings. The van der Waals surface area contributed by atoms with Crippen LogP contribution in [0.25, 0.3) is 5.69 Å². The molecule has 0 aliphatic heterocycles. The van der Waals surface area contributed by atoms with Crippen LogP contribution in [0.15, 0.2) is 39.9 Å². The van der Waals surface area contributed by atoms with E-state index in [4.69, 9.17) is 4.74 Å². The molecule has 9 nitrogen and oxygen atoms in total. The van der Waals surface area contributed by atoms with E-state index >= 15 is 0 Å². The summed E-state index contributed by atoms with van der Waals surface area (Å²) in [6.07, 6.45) is -6.05. The molecule has 1 atom stereocenters. The number of carbonyl (C=O) groups is 2. The lowest BCUT2D eigenvalue weighted by molar-refractivity contribution is -0.308. The molecule has 0 radical (unpaired) electrons. The van der Waals surface area contributed by atoms with E-state index in [-0.39, 0.29) is 18.2 Å². The number of ether oxygens (including phenoxy) is 1. The molecule has 0 bridgehead atoms. The quantitative estimate of drug-likeness (QED) is 0.702. The minimum absolute atomic E-state index is 0.0335. The summed E-state index contributed by atoms with van der Waals surface area (Å²) in [5.41, 5.74) is -4.45. The summed E-state index contributed by atoms with van der Waals surface area (Å²) >= 11 is 0. The highest BCUT2D eigenvalue weighted by Gasteiger charge is 2.33. The first-order valence-corrected chi connectivity index (χ1v) is 8.90. The Balaban J connectivity index is 2.23. The van der Waals surface area contributed by atoms with Gasteiger partial charge in [0.25, 0.3) is 5.56 Å². The fraction of sp³-hybridized carbons (Fsp3) is 0.368. The molecule has 1 aromatic carbocycles. The van der Waals surface area contributed by atoms with Gasteiger partial charge in [0, 0.05) is 6.07 Å². The van der Waals surface area contributed by atoms with Crippen molar-refractivity contribution in [3.05, 3.63) is 62.4 Å². The fourth-order valence-electron chi connectivity index (χ4n) is 2.55. The Morgan fingerprint density at radius 2 is 1.74 bits per heavy atom. The molecule has 168 valence electrons. The number of carbonyl (C=O) groups excluding carboxylic acids is 2. The molecule has 0 saturated heterocycles. The van der Waals surface area contributed by atoms with Gasteiger partial charge in [-0.15, -0.1) is 0 Å². The predicted molar refractivity (Wildman–Crippen MR) is 99.5 cm³/mol. The SMILES string of the molecule is CC(C)(C)OC(=O)N[C@@H](Cc1ccc(-n2c(=O)cc(C(F)(F)F)[nH]c2=O)cc1)C(=O)[O-]. The largest absolute Gasteiger partial charge is 0.548 e. The third-order valence-corrected chi connectivity index (χ3v) is 3.85. The highest BCUT2D eigenvalue weighted by Crippen LogP contribution is 2.25. The Kier molecular flexibility index (Phi) is 6.62. The number of rotatable bonds is 5. The second-order valence-corrected chi connectivity index (χ2v) is 7.55. The van der Waals surface area contributed by atoms with Gasteiger partial charge in [0.1, 0.15) is 11.3 Å². The molecule has 0 fully saturated rings. The van der Waals surface area contributed by atoms with Gasteiger partial charge in [-0.25, -0.2) is 14.2 Å². The topological polar surface area (TPSA) is 133 Å². The number of hydrogen-bond acceptors (Lipinski definition) is 6. The number of alkyl carbamates (subject to hydrolysis) is 1. The first-order chi connectivity index (χ1) is 14.2. The van der Waals surface area contributed by atoms with Crippen LogP contribution >= 0.6 is 0 Å². The fourth-order valence-corrected chi connectivity index (χ4v) is 2.55. The number of nitrogens with zero attached hydrogens (tertiary/aromatic N) is 1. The van der Waals surface area contributed by atoms with Crippen molar-refractivity contribution in [2.45, 2.75) is 45.0 Å². The van der Waals surface area contributed by atoms with Crippen molar-refractivity contribution in [2.75, 3.05) is 0 Å².